The maximum absolute atomic E-state index is 13.5. The van der Waals surface area contributed by atoms with E-state index in [0.717, 1.165) is 15.4 Å². The molecular formula is C27H31ClN2O5S. The fraction of sp³-hybridized carbons (Fsp3) is 0.296. The van der Waals surface area contributed by atoms with Crippen LogP contribution in [0.25, 0.3) is 0 Å². The van der Waals surface area contributed by atoms with E-state index < -0.39 is 15.9 Å². The Labute approximate surface area is 218 Å². The van der Waals surface area contributed by atoms with Crippen LogP contribution in [0.5, 0.6) is 11.5 Å². The van der Waals surface area contributed by atoms with Crippen LogP contribution in [0.1, 0.15) is 23.1 Å². The Morgan fingerprint density at radius 1 is 0.944 bits per heavy atom. The van der Waals surface area contributed by atoms with Crippen LogP contribution in [0.15, 0.2) is 65.6 Å². The average Bonchev–Trinajstić information content (AvgIpc) is 2.85. The van der Waals surface area contributed by atoms with Crippen molar-refractivity contribution in [3.8, 4) is 11.5 Å². The molecule has 0 unspecified atom stereocenters. The van der Waals surface area contributed by atoms with Gasteiger partial charge in [-0.3, -0.25) is 9.10 Å². The van der Waals surface area contributed by atoms with Gasteiger partial charge in [-0.15, -0.1) is 0 Å². The van der Waals surface area contributed by atoms with Gasteiger partial charge in [-0.25, -0.2) is 8.42 Å². The number of benzene rings is 3. The summed E-state index contributed by atoms with van der Waals surface area (Å²) in [6, 6.07) is 17.2. The van der Waals surface area contributed by atoms with Crippen molar-refractivity contribution in [2.24, 2.45) is 0 Å². The lowest BCUT2D eigenvalue weighted by molar-refractivity contribution is -0.119. The zero-order valence-corrected chi connectivity index (χ0v) is 22.4. The summed E-state index contributed by atoms with van der Waals surface area (Å²) in [5.41, 5.74) is 3.04. The van der Waals surface area contributed by atoms with Crippen molar-refractivity contribution in [3.05, 3.63) is 82.4 Å². The lowest BCUT2D eigenvalue weighted by Crippen LogP contribution is -2.41. The third-order valence-corrected chi connectivity index (χ3v) is 7.75. The van der Waals surface area contributed by atoms with Crippen LogP contribution in [0.3, 0.4) is 0 Å². The van der Waals surface area contributed by atoms with Crippen LogP contribution in [-0.2, 0) is 21.2 Å². The Hall–Kier alpha value is -3.23. The lowest BCUT2D eigenvalue weighted by Gasteiger charge is -2.26. The highest BCUT2D eigenvalue weighted by Crippen LogP contribution is 2.29. The summed E-state index contributed by atoms with van der Waals surface area (Å²) >= 11 is 6.08. The zero-order chi connectivity index (χ0) is 26.3. The molecule has 3 aromatic carbocycles. The number of carbonyl (C=O) groups excluding carboxylic acids is 1. The van der Waals surface area contributed by atoms with Crippen LogP contribution in [0.4, 0.5) is 5.69 Å². The number of rotatable bonds is 11. The van der Waals surface area contributed by atoms with Crippen molar-refractivity contribution >= 4 is 33.2 Å². The highest BCUT2D eigenvalue weighted by molar-refractivity contribution is 7.92. The molecule has 0 saturated carbocycles. The van der Waals surface area contributed by atoms with E-state index in [1.807, 2.05) is 25.1 Å². The molecule has 0 aromatic heterocycles. The molecule has 7 nitrogen and oxygen atoms in total. The van der Waals surface area contributed by atoms with Gasteiger partial charge in [0.2, 0.25) is 5.91 Å². The molecule has 0 saturated heterocycles. The molecule has 0 aliphatic carbocycles. The summed E-state index contributed by atoms with van der Waals surface area (Å²) in [4.78, 5) is 13.0. The number of halogens is 1. The van der Waals surface area contributed by atoms with Crippen LogP contribution < -0.4 is 19.1 Å². The number of amides is 1. The molecule has 0 atom stereocenters. The quantitative estimate of drug-likeness (QED) is 0.356. The summed E-state index contributed by atoms with van der Waals surface area (Å²) in [7, 11) is -0.817. The molecule has 3 aromatic rings. The highest BCUT2D eigenvalue weighted by atomic mass is 35.5. The molecule has 1 N–H and O–H groups in total. The van der Waals surface area contributed by atoms with Crippen molar-refractivity contribution in [3.63, 3.8) is 0 Å². The Balaban J connectivity index is 1.71. The molecule has 9 heteroatoms. The number of sulfonamides is 1. The van der Waals surface area contributed by atoms with E-state index in [9.17, 15) is 13.2 Å². The van der Waals surface area contributed by atoms with Gasteiger partial charge in [0, 0.05) is 11.6 Å². The molecule has 1 amide bonds. The lowest BCUT2D eigenvalue weighted by atomic mass is 10.1. The monoisotopic (exact) mass is 530 g/mol. The molecule has 0 aliphatic rings. The molecule has 0 fully saturated rings. The fourth-order valence-electron chi connectivity index (χ4n) is 3.78. The van der Waals surface area contributed by atoms with E-state index >= 15 is 0 Å². The topological polar surface area (TPSA) is 84.9 Å². The van der Waals surface area contributed by atoms with E-state index in [2.05, 4.69) is 5.32 Å². The Bertz CT molecular complexity index is 1310. The second-order valence-corrected chi connectivity index (χ2v) is 10.7. The predicted octanol–water partition coefficient (Wildman–Crippen LogP) is 4.92. The fourth-order valence-corrected chi connectivity index (χ4v) is 5.49. The normalized spacial score (nSPS) is 11.1. The van der Waals surface area contributed by atoms with E-state index in [1.54, 1.807) is 63.6 Å². The predicted molar refractivity (Wildman–Crippen MR) is 143 cm³/mol. The van der Waals surface area contributed by atoms with Gasteiger partial charge in [-0.2, -0.15) is 0 Å². The maximum Gasteiger partial charge on any atom is 0.264 e. The molecule has 36 heavy (non-hydrogen) atoms. The molecule has 0 bridgehead atoms. The Kier molecular flexibility index (Phi) is 9.23. The largest absolute Gasteiger partial charge is 0.493 e. The van der Waals surface area contributed by atoms with Crippen molar-refractivity contribution in [2.45, 2.75) is 31.6 Å². The van der Waals surface area contributed by atoms with Crippen molar-refractivity contribution in [1.29, 1.82) is 0 Å². The molecule has 192 valence electrons. The molecule has 0 aliphatic heterocycles. The average molecular weight is 531 g/mol. The number of anilines is 1. The second kappa shape index (κ2) is 12.1. The molecule has 3 rings (SSSR count). The van der Waals surface area contributed by atoms with Crippen LogP contribution >= 0.6 is 11.6 Å². The number of nitrogens with one attached hydrogen (secondary N) is 1. The summed E-state index contributed by atoms with van der Waals surface area (Å²) in [5.74, 6) is 0.906. The molecule has 0 spiro atoms. The third kappa shape index (κ3) is 6.71. The van der Waals surface area contributed by atoms with Crippen molar-refractivity contribution in [1.82, 2.24) is 5.32 Å². The Morgan fingerprint density at radius 2 is 1.64 bits per heavy atom. The number of methoxy groups -OCH3 is 2. The van der Waals surface area contributed by atoms with Gasteiger partial charge < -0.3 is 14.8 Å². The van der Waals surface area contributed by atoms with E-state index in [4.69, 9.17) is 21.1 Å². The number of nitrogens with zero attached hydrogens (tertiary/aromatic N) is 1. The van der Waals surface area contributed by atoms with E-state index in [-0.39, 0.29) is 11.4 Å². The van der Waals surface area contributed by atoms with Crippen LogP contribution in [0, 0.1) is 13.8 Å². The van der Waals surface area contributed by atoms with Crippen molar-refractivity contribution < 1.29 is 22.7 Å². The number of hydrogen-bond acceptors (Lipinski definition) is 5. The minimum Gasteiger partial charge on any atom is -0.493 e. The van der Waals surface area contributed by atoms with Gasteiger partial charge in [0.25, 0.3) is 10.0 Å². The maximum atomic E-state index is 13.5. The highest BCUT2D eigenvalue weighted by Gasteiger charge is 2.28. The SMILES string of the molecule is COc1ccc(CCCNC(=O)CN(c2ccc(Cl)cc2C)S(=O)(=O)c2ccc(C)cc2)cc1OC. The standard InChI is InChI=1S/C27H31ClN2O5S/c1-19-7-11-23(12-8-19)36(32,33)30(24-13-10-22(28)16-20(24)2)18-27(31)29-15-5-6-21-9-14-25(34-3)26(17-21)35-4/h7-14,16-17H,5-6,15,18H2,1-4H3,(H,29,31). The summed E-state index contributed by atoms with van der Waals surface area (Å²) in [6.45, 7) is 3.69. The first-order valence-corrected chi connectivity index (χ1v) is 13.3. The summed E-state index contributed by atoms with van der Waals surface area (Å²) < 4.78 is 38.8. The number of aryl methyl sites for hydroxylation is 3. The van der Waals surface area contributed by atoms with Gasteiger partial charge in [-0.05, 0) is 80.3 Å². The first-order valence-electron chi connectivity index (χ1n) is 11.5. The van der Waals surface area contributed by atoms with Gasteiger partial charge in [0.05, 0.1) is 24.8 Å². The smallest absolute Gasteiger partial charge is 0.264 e. The zero-order valence-electron chi connectivity index (χ0n) is 20.9. The van der Waals surface area contributed by atoms with E-state index in [1.165, 1.54) is 0 Å². The van der Waals surface area contributed by atoms with E-state index in [0.29, 0.717) is 47.2 Å². The van der Waals surface area contributed by atoms with Gasteiger partial charge in [0.1, 0.15) is 6.54 Å². The minimum atomic E-state index is -3.99. The van der Waals surface area contributed by atoms with Gasteiger partial charge in [-0.1, -0.05) is 35.4 Å². The number of carbonyl (C=O) groups is 1. The second-order valence-electron chi connectivity index (χ2n) is 8.40. The van der Waals surface area contributed by atoms with Crippen molar-refractivity contribution in [2.75, 3.05) is 31.6 Å². The van der Waals surface area contributed by atoms with Gasteiger partial charge in [0.15, 0.2) is 11.5 Å². The number of hydrogen-bond donors (Lipinski definition) is 1. The van der Waals surface area contributed by atoms with Crippen LogP contribution in [-0.4, -0.2) is 41.6 Å². The molecule has 0 heterocycles. The molecular weight excluding hydrogens is 500 g/mol. The first kappa shape index (κ1) is 27.4. The molecule has 0 radical (unpaired) electrons. The number of ether oxygens (including phenoxy) is 2. The minimum absolute atomic E-state index is 0.115. The summed E-state index contributed by atoms with van der Waals surface area (Å²) in [6.07, 6.45) is 1.38. The summed E-state index contributed by atoms with van der Waals surface area (Å²) in [5, 5.41) is 3.33. The first-order chi connectivity index (χ1) is 17.1. The third-order valence-electron chi connectivity index (χ3n) is 5.74. The van der Waals surface area contributed by atoms with Crippen LogP contribution in [0.2, 0.25) is 5.02 Å². The Morgan fingerprint density at radius 3 is 2.28 bits per heavy atom. The van der Waals surface area contributed by atoms with Gasteiger partial charge >= 0.3 is 0 Å².